The molecule has 2 rings (SSSR count). The van der Waals surface area contributed by atoms with E-state index in [0.717, 1.165) is 12.0 Å². The Hall–Kier alpha value is -1.77. The fourth-order valence-corrected chi connectivity index (χ4v) is 3.00. The van der Waals surface area contributed by atoms with Crippen molar-refractivity contribution in [2.24, 2.45) is 7.05 Å². The molecule has 0 spiro atoms. The van der Waals surface area contributed by atoms with Crippen LogP contribution in [0.2, 0.25) is 0 Å². The highest BCUT2D eigenvalue weighted by Crippen LogP contribution is 2.17. The van der Waals surface area contributed by atoms with Crippen molar-refractivity contribution < 1.29 is 13.5 Å². The van der Waals surface area contributed by atoms with Crippen LogP contribution in [-0.2, 0) is 36.6 Å². The summed E-state index contributed by atoms with van der Waals surface area (Å²) in [5.41, 5.74) is 1.55. The first-order chi connectivity index (χ1) is 9.96. The summed E-state index contributed by atoms with van der Waals surface area (Å²) < 4.78 is 28.4. The van der Waals surface area contributed by atoms with Crippen molar-refractivity contribution in [3.05, 3.63) is 41.5 Å². The van der Waals surface area contributed by atoms with Crippen LogP contribution in [0.4, 0.5) is 0 Å². The van der Waals surface area contributed by atoms with Crippen LogP contribution in [0.25, 0.3) is 0 Å². The SMILES string of the molecule is CCc1ccc(S(=O)(=O)NCc2ncn(C)n2)cc1CO. The Kier molecular flexibility index (Phi) is 4.71. The molecule has 0 aliphatic carbocycles. The summed E-state index contributed by atoms with van der Waals surface area (Å²) >= 11 is 0. The van der Waals surface area contributed by atoms with Gasteiger partial charge in [-0.15, -0.1) is 0 Å². The van der Waals surface area contributed by atoms with Crippen molar-refractivity contribution in [2.75, 3.05) is 0 Å². The maximum Gasteiger partial charge on any atom is 0.240 e. The number of aliphatic hydroxyl groups is 1. The lowest BCUT2D eigenvalue weighted by Crippen LogP contribution is -2.24. The Morgan fingerprint density at radius 3 is 2.67 bits per heavy atom. The van der Waals surface area contributed by atoms with Gasteiger partial charge in [-0.2, -0.15) is 5.10 Å². The first kappa shape index (κ1) is 15.6. The first-order valence-electron chi connectivity index (χ1n) is 6.53. The number of sulfonamides is 1. The van der Waals surface area contributed by atoms with Gasteiger partial charge in [0.1, 0.15) is 6.33 Å². The topological polar surface area (TPSA) is 97.1 Å². The molecule has 7 nitrogen and oxygen atoms in total. The molecule has 0 aliphatic heterocycles. The molecule has 114 valence electrons. The Bertz CT molecular complexity index is 725. The van der Waals surface area contributed by atoms with Crippen LogP contribution < -0.4 is 4.72 Å². The number of hydrogen-bond donors (Lipinski definition) is 2. The molecule has 0 amide bonds. The highest BCUT2D eigenvalue weighted by molar-refractivity contribution is 7.89. The van der Waals surface area contributed by atoms with Gasteiger partial charge in [0.15, 0.2) is 5.82 Å². The number of aliphatic hydroxyl groups excluding tert-OH is 1. The van der Waals surface area contributed by atoms with E-state index in [1.54, 1.807) is 13.1 Å². The fraction of sp³-hybridized carbons (Fsp3) is 0.385. The summed E-state index contributed by atoms with van der Waals surface area (Å²) in [7, 11) is -1.95. The summed E-state index contributed by atoms with van der Waals surface area (Å²) in [6.45, 7) is 1.79. The highest BCUT2D eigenvalue weighted by Gasteiger charge is 2.16. The Morgan fingerprint density at radius 1 is 1.33 bits per heavy atom. The van der Waals surface area contributed by atoms with E-state index in [4.69, 9.17) is 0 Å². The van der Waals surface area contributed by atoms with Gasteiger partial charge < -0.3 is 5.11 Å². The molecule has 0 atom stereocenters. The summed E-state index contributed by atoms with van der Waals surface area (Å²) in [5, 5.41) is 13.3. The molecule has 1 heterocycles. The van der Waals surface area contributed by atoms with Crippen LogP contribution in [0, 0.1) is 0 Å². The first-order valence-corrected chi connectivity index (χ1v) is 8.01. The van der Waals surface area contributed by atoms with Crippen LogP contribution in [0.15, 0.2) is 29.4 Å². The molecular formula is C13H18N4O3S. The van der Waals surface area contributed by atoms with Crippen LogP contribution in [0.1, 0.15) is 23.9 Å². The minimum absolute atomic E-state index is 0.0210. The van der Waals surface area contributed by atoms with Gasteiger partial charge in [-0.1, -0.05) is 13.0 Å². The third-order valence-corrected chi connectivity index (χ3v) is 4.51. The largest absolute Gasteiger partial charge is 0.392 e. The van der Waals surface area contributed by atoms with Crippen LogP contribution in [0.3, 0.4) is 0 Å². The molecule has 0 fully saturated rings. The third-order valence-electron chi connectivity index (χ3n) is 3.11. The van der Waals surface area contributed by atoms with E-state index in [9.17, 15) is 13.5 Å². The van der Waals surface area contributed by atoms with Gasteiger partial charge in [0, 0.05) is 7.05 Å². The summed E-state index contributed by atoms with van der Waals surface area (Å²) in [6.07, 6.45) is 2.24. The molecule has 0 unspecified atom stereocenters. The minimum atomic E-state index is -3.66. The number of benzene rings is 1. The van der Waals surface area contributed by atoms with Gasteiger partial charge in [-0.25, -0.2) is 18.1 Å². The zero-order chi connectivity index (χ0) is 15.5. The van der Waals surface area contributed by atoms with Crippen LogP contribution in [0.5, 0.6) is 0 Å². The van der Waals surface area contributed by atoms with Crippen LogP contribution in [-0.4, -0.2) is 28.3 Å². The van der Waals surface area contributed by atoms with Gasteiger partial charge in [-0.05, 0) is 29.7 Å². The second-order valence-electron chi connectivity index (χ2n) is 4.60. The monoisotopic (exact) mass is 310 g/mol. The number of aryl methyl sites for hydroxylation is 2. The summed E-state index contributed by atoms with van der Waals surface area (Å²) in [5.74, 6) is 0.397. The zero-order valence-electron chi connectivity index (χ0n) is 11.9. The maximum atomic E-state index is 12.2. The number of aromatic nitrogens is 3. The summed E-state index contributed by atoms with van der Waals surface area (Å²) in [4.78, 5) is 4.08. The number of hydrogen-bond acceptors (Lipinski definition) is 5. The van der Waals surface area contributed by atoms with Crippen LogP contribution >= 0.6 is 0 Å². The second kappa shape index (κ2) is 6.33. The smallest absolute Gasteiger partial charge is 0.240 e. The van der Waals surface area contributed by atoms with E-state index >= 15 is 0 Å². The summed E-state index contributed by atoms with van der Waals surface area (Å²) in [6, 6.07) is 4.75. The van der Waals surface area contributed by atoms with Crippen molar-refractivity contribution in [1.82, 2.24) is 19.5 Å². The van der Waals surface area contributed by atoms with E-state index in [-0.39, 0.29) is 18.0 Å². The lowest BCUT2D eigenvalue weighted by molar-refractivity contribution is 0.280. The lowest BCUT2D eigenvalue weighted by atomic mass is 10.1. The molecule has 0 aliphatic rings. The standard InChI is InChI=1S/C13H18N4O3S/c1-3-10-4-5-12(6-11(10)8-18)21(19,20)15-7-13-14-9-17(2)16-13/h4-6,9,15,18H,3,7-8H2,1-2H3. The molecule has 0 bridgehead atoms. The number of rotatable bonds is 6. The van der Waals surface area contributed by atoms with Gasteiger partial charge in [0.25, 0.3) is 0 Å². The zero-order valence-corrected chi connectivity index (χ0v) is 12.8. The van der Waals surface area contributed by atoms with Crippen molar-refractivity contribution in [1.29, 1.82) is 0 Å². The average molecular weight is 310 g/mol. The molecule has 2 N–H and O–H groups in total. The molecule has 0 radical (unpaired) electrons. The molecule has 8 heteroatoms. The number of nitrogens with one attached hydrogen (secondary N) is 1. The Balaban J connectivity index is 2.19. The van der Waals surface area contributed by atoms with Gasteiger partial charge in [-0.3, -0.25) is 4.68 Å². The van der Waals surface area contributed by atoms with E-state index in [0.29, 0.717) is 11.4 Å². The van der Waals surface area contributed by atoms with Gasteiger partial charge >= 0.3 is 0 Å². The second-order valence-corrected chi connectivity index (χ2v) is 6.37. The molecule has 1 aromatic heterocycles. The molecule has 0 saturated heterocycles. The van der Waals surface area contributed by atoms with E-state index in [1.165, 1.54) is 23.1 Å². The molecule has 21 heavy (non-hydrogen) atoms. The van der Waals surface area contributed by atoms with Crippen molar-refractivity contribution in [3.63, 3.8) is 0 Å². The van der Waals surface area contributed by atoms with E-state index in [2.05, 4.69) is 14.8 Å². The predicted molar refractivity (Wildman–Crippen MR) is 76.8 cm³/mol. The van der Waals surface area contributed by atoms with Crippen molar-refractivity contribution in [2.45, 2.75) is 31.4 Å². The van der Waals surface area contributed by atoms with E-state index < -0.39 is 10.0 Å². The number of nitrogens with zero attached hydrogens (tertiary/aromatic N) is 3. The Morgan fingerprint density at radius 2 is 2.10 bits per heavy atom. The van der Waals surface area contributed by atoms with Crippen molar-refractivity contribution >= 4 is 10.0 Å². The lowest BCUT2D eigenvalue weighted by Gasteiger charge is -2.09. The fourth-order valence-electron chi connectivity index (χ4n) is 1.97. The normalized spacial score (nSPS) is 11.8. The third kappa shape index (κ3) is 3.66. The molecular weight excluding hydrogens is 292 g/mol. The van der Waals surface area contributed by atoms with Gasteiger partial charge in [0.05, 0.1) is 18.0 Å². The predicted octanol–water partition coefficient (Wildman–Crippen LogP) is 0.348. The molecule has 1 aromatic carbocycles. The van der Waals surface area contributed by atoms with Gasteiger partial charge in [0.2, 0.25) is 10.0 Å². The van der Waals surface area contributed by atoms with E-state index in [1.807, 2.05) is 6.92 Å². The Labute approximate surface area is 123 Å². The average Bonchev–Trinajstić information content (AvgIpc) is 2.90. The molecule has 0 saturated carbocycles. The maximum absolute atomic E-state index is 12.2. The molecule has 2 aromatic rings. The minimum Gasteiger partial charge on any atom is -0.392 e. The quantitative estimate of drug-likeness (QED) is 0.802. The van der Waals surface area contributed by atoms with Crippen molar-refractivity contribution in [3.8, 4) is 0 Å². The highest BCUT2D eigenvalue weighted by atomic mass is 32.2.